The summed E-state index contributed by atoms with van der Waals surface area (Å²) in [5, 5.41) is 7.38. The number of hydrogen-bond acceptors (Lipinski definition) is 5. The summed E-state index contributed by atoms with van der Waals surface area (Å²) in [5.74, 6) is -1.85. The van der Waals surface area contributed by atoms with Gasteiger partial charge in [0.15, 0.2) is 5.69 Å². The van der Waals surface area contributed by atoms with Crippen molar-refractivity contribution >= 4 is 23.5 Å². The SMILES string of the molecule is CCOC(=O)c1cc2n(n1)C[C@@](C)(C(=O)NC1CCCCC1)N(c1ccc(F)cc1C)C2=O. The lowest BCUT2D eigenvalue weighted by Crippen LogP contribution is -2.65. The van der Waals surface area contributed by atoms with Crippen LogP contribution in [0.25, 0.3) is 0 Å². The van der Waals surface area contributed by atoms with E-state index in [1.807, 2.05) is 0 Å². The standard InChI is InChI=1S/C24H29FN4O4/c1-4-33-22(31)18-13-20-21(30)29(19-11-10-16(25)12-15(19)2)24(3,14-28(20)27-18)23(32)26-17-8-6-5-7-9-17/h10-13,17H,4-9,14H2,1-3H3,(H,26,32)/t24-/m0/s1. The Bertz CT molecular complexity index is 1090. The minimum Gasteiger partial charge on any atom is -0.461 e. The molecule has 0 radical (unpaired) electrons. The van der Waals surface area contributed by atoms with E-state index < -0.39 is 23.2 Å². The van der Waals surface area contributed by atoms with Gasteiger partial charge in [-0.1, -0.05) is 19.3 Å². The van der Waals surface area contributed by atoms with Gasteiger partial charge in [0.05, 0.1) is 13.2 Å². The fraction of sp³-hybridized carbons (Fsp3) is 0.500. The van der Waals surface area contributed by atoms with Crippen LogP contribution < -0.4 is 10.2 Å². The highest BCUT2D eigenvalue weighted by Gasteiger charge is 2.50. The number of halogens is 1. The molecule has 1 aromatic heterocycles. The van der Waals surface area contributed by atoms with E-state index in [1.54, 1.807) is 20.8 Å². The van der Waals surface area contributed by atoms with E-state index in [-0.39, 0.29) is 36.5 Å². The Labute approximate surface area is 192 Å². The van der Waals surface area contributed by atoms with E-state index >= 15 is 0 Å². The fourth-order valence-corrected chi connectivity index (χ4v) is 4.72. The number of aryl methyl sites for hydroxylation is 1. The van der Waals surface area contributed by atoms with Gasteiger partial charge in [0.2, 0.25) is 5.91 Å². The van der Waals surface area contributed by atoms with Crippen LogP contribution >= 0.6 is 0 Å². The van der Waals surface area contributed by atoms with Crippen molar-refractivity contribution in [1.29, 1.82) is 0 Å². The zero-order chi connectivity index (χ0) is 23.8. The van der Waals surface area contributed by atoms with Crippen LogP contribution in [0.3, 0.4) is 0 Å². The molecule has 1 aliphatic carbocycles. The molecule has 2 aliphatic rings. The summed E-state index contributed by atoms with van der Waals surface area (Å²) in [4.78, 5) is 41.0. The Morgan fingerprint density at radius 2 is 1.97 bits per heavy atom. The molecule has 0 saturated heterocycles. The number of ether oxygens (including phenoxy) is 1. The number of nitrogens with one attached hydrogen (secondary N) is 1. The summed E-state index contributed by atoms with van der Waals surface area (Å²) in [6, 6.07) is 5.53. The minimum atomic E-state index is -1.33. The highest BCUT2D eigenvalue weighted by atomic mass is 19.1. The number of carbonyl (C=O) groups is 3. The molecular weight excluding hydrogens is 427 g/mol. The third kappa shape index (κ3) is 4.24. The third-order valence-electron chi connectivity index (χ3n) is 6.47. The molecular formula is C24H29FN4O4. The molecule has 9 heteroatoms. The lowest BCUT2D eigenvalue weighted by molar-refractivity contribution is -0.127. The number of amides is 2. The van der Waals surface area contributed by atoms with Gasteiger partial charge in [0.1, 0.15) is 17.1 Å². The first-order chi connectivity index (χ1) is 15.7. The first kappa shape index (κ1) is 22.9. The van der Waals surface area contributed by atoms with E-state index in [0.717, 1.165) is 32.1 Å². The van der Waals surface area contributed by atoms with Crippen LogP contribution in [-0.4, -0.2) is 45.8 Å². The molecule has 1 atom stereocenters. The van der Waals surface area contributed by atoms with Crippen molar-refractivity contribution in [3.05, 3.63) is 47.0 Å². The number of fused-ring (bicyclic) bond motifs is 1. The second kappa shape index (κ2) is 8.96. The maximum absolute atomic E-state index is 13.8. The molecule has 1 aromatic carbocycles. The molecule has 0 unspecified atom stereocenters. The number of nitrogens with zero attached hydrogens (tertiary/aromatic N) is 3. The van der Waals surface area contributed by atoms with Crippen LogP contribution in [0.4, 0.5) is 10.1 Å². The first-order valence-electron chi connectivity index (χ1n) is 11.4. The lowest BCUT2D eigenvalue weighted by Gasteiger charge is -2.44. The lowest BCUT2D eigenvalue weighted by atomic mass is 9.90. The average Bonchev–Trinajstić information content (AvgIpc) is 3.20. The number of anilines is 1. The van der Waals surface area contributed by atoms with Crippen LogP contribution in [-0.2, 0) is 16.1 Å². The maximum Gasteiger partial charge on any atom is 0.358 e. The van der Waals surface area contributed by atoms with Gasteiger partial charge in [-0.3, -0.25) is 19.2 Å². The van der Waals surface area contributed by atoms with E-state index in [0.29, 0.717) is 11.3 Å². The van der Waals surface area contributed by atoms with Crippen molar-refractivity contribution in [3.63, 3.8) is 0 Å². The predicted octanol–water partition coefficient (Wildman–Crippen LogP) is 3.38. The van der Waals surface area contributed by atoms with Gasteiger partial charge in [-0.2, -0.15) is 5.10 Å². The first-order valence-corrected chi connectivity index (χ1v) is 11.4. The fourth-order valence-electron chi connectivity index (χ4n) is 4.72. The van der Waals surface area contributed by atoms with Crippen molar-refractivity contribution in [2.45, 2.75) is 71.0 Å². The highest BCUT2D eigenvalue weighted by Crippen LogP contribution is 2.35. The summed E-state index contributed by atoms with van der Waals surface area (Å²) in [7, 11) is 0. The van der Waals surface area contributed by atoms with Gasteiger partial charge in [-0.15, -0.1) is 0 Å². The summed E-state index contributed by atoms with van der Waals surface area (Å²) in [5.41, 5.74) is -0.189. The van der Waals surface area contributed by atoms with Gasteiger partial charge >= 0.3 is 5.97 Å². The molecule has 4 rings (SSSR count). The smallest absolute Gasteiger partial charge is 0.358 e. The van der Waals surface area contributed by atoms with Crippen molar-refractivity contribution in [2.24, 2.45) is 0 Å². The monoisotopic (exact) mass is 456 g/mol. The summed E-state index contributed by atoms with van der Waals surface area (Å²) >= 11 is 0. The number of hydrogen-bond donors (Lipinski definition) is 1. The minimum absolute atomic E-state index is 0.00733. The van der Waals surface area contributed by atoms with Gasteiger partial charge in [0.25, 0.3) is 5.91 Å². The average molecular weight is 457 g/mol. The number of benzene rings is 1. The Morgan fingerprint density at radius 1 is 1.24 bits per heavy atom. The molecule has 1 aliphatic heterocycles. The predicted molar refractivity (Wildman–Crippen MR) is 120 cm³/mol. The zero-order valence-corrected chi connectivity index (χ0v) is 19.2. The van der Waals surface area contributed by atoms with Crippen LogP contribution in [0, 0.1) is 12.7 Å². The number of carbonyl (C=O) groups excluding carboxylic acids is 3. The molecule has 2 aromatic rings. The van der Waals surface area contributed by atoms with Crippen molar-refractivity contribution < 1.29 is 23.5 Å². The van der Waals surface area contributed by atoms with Crippen molar-refractivity contribution in [3.8, 4) is 0 Å². The summed E-state index contributed by atoms with van der Waals surface area (Å²) < 4.78 is 20.2. The number of esters is 1. The van der Waals surface area contributed by atoms with Crippen LogP contribution in [0.2, 0.25) is 0 Å². The van der Waals surface area contributed by atoms with Crippen molar-refractivity contribution in [1.82, 2.24) is 15.1 Å². The summed E-state index contributed by atoms with van der Waals surface area (Å²) in [6.07, 6.45) is 5.04. The Kier molecular flexibility index (Phi) is 6.23. The quantitative estimate of drug-likeness (QED) is 0.697. The van der Waals surface area contributed by atoms with Crippen LogP contribution in [0.5, 0.6) is 0 Å². The topological polar surface area (TPSA) is 93.5 Å². The van der Waals surface area contributed by atoms with Crippen LogP contribution in [0.1, 0.15) is 72.5 Å². The summed E-state index contributed by atoms with van der Waals surface area (Å²) in [6.45, 7) is 5.28. The highest BCUT2D eigenvalue weighted by molar-refractivity contribution is 6.12. The molecule has 2 amide bonds. The molecule has 1 fully saturated rings. The Morgan fingerprint density at radius 3 is 2.64 bits per heavy atom. The zero-order valence-electron chi connectivity index (χ0n) is 19.2. The van der Waals surface area contributed by atoms with Crippen LogP contribution in [0.15, 0.2) is 24.3 Å². The van der Waals surface area contributed by atoms with Gasteiger partial charge in [-0.25, -0.2) is 9.18 Å². The van der Waals surface area contributed by atoms with E-state index in [9.17, 15) is 18.8 Å². The largest absolute Gasteiger partial charge is 0.461 e. The van der Waals surface area contributed by atoms with Gasteiger partial charge in [0, 0.05) is 17.8 Å². The molecule has 176 valence electrons. The van der Waals surface area contributed by atoms with E-state index in [2.05, 4.69) is 10.4 Å². The Balaban J connectivity index is 1.77. The van der Waals surface area contributed by atoms with Gasteiger partial charge in [-0.05, 0) is 57.4 Å². The molecule has 8 nitrogen and oxygen atoms in total. The molecule has 0 bridgehead atoms. The number of rotatable bonds is 5. The molecule has 0 spiro atoms. The molecule has 2 heterocycles. The molecule has 1 saturated carbocycles. The van der Waals surface area contributed by atoms with Crippen molar-refractivity contribution in [2.75, 3.05) is 11.5 Å². The van der Waals surface area contributed by atoms with E-state index in [1.165, 1.54) is 33.8 Å². The number of aromatic nitrogens is 2. The normalized spacial score (nSPS) is 21.0. The van der Waals surface area contributed by atoms with E-state index in [4.69, 9.17) is 4.74 Å². The second-order valence-electron chi connectivity index (χ2n) is 8.95. The molecule has 33 heavy (non-hydrogen) atoms. The van der Waals surface area contributed by atoms with Gasteiger partial charge < -0.3 is 10.1 Å². The Hall–Kier alpha value is -3.23. The third-order valence-corrected chi connectivity index (χ3v) is 6.47. The second-order valence-corrected chi connectivity index (χ2v) is 8.95. The molecule has 1 N–H and O–H groups in total. The maximum atomic E-state index is 13.8.